The highest BCUT2D eigenvalue weighted by atomic mass is 79.9. The fraction of sp³-hybridized carbons (Fsp3) is 0.667. The lowest BCUT2D eigenvalue weighted by Gasteiger charge is -2.12. The zero-order valence-electron chi connectivity index (χ0n) is 11.7. The molecule has 5 nitrogen and oxygen atoms in total. The summed E-state index contributed by atoms with van der Waals surface area (Å²) >= 11 is 3.17. The van der Waals surface area contributed by atoms with Crippen molar-refractivity contribution in [2.24, 2.45) is 5.92 Å². The zero-order valence-corrected chi connectivity index (χ0v) is 13.3. The monoisotopic (exact) mass is 371 g/mol. The quantitative estimate of drug-likeness (QED) is 0.748. The number of anilines is 1. The van der Waals surface area contributed by atoms with Gasteiger partial charge < -0.3 is 10.1 Å². The molecule has 0 saturated carbocycles. The predicted octanol–water partition coefficient (Wildman–Crippen LogP) is 2.65. The highest BCUT2D eigenvalue weighted by molar-refractivity contribution is 9.10. The molecule has 1 N–H and O–H groups in total. The van der Waals surface area contributed by atoms with E-state index in [2.05, 4.69) is 31.1 Å². The molecule has 21 heavy (non-hydrogen) atoms. The highest BCUT2D eigenvalue weighted by Crippen LogP contribution is 2.16. The number of nitrogens with zero attached hydrogens (tertiary/aromatic N) is 2. The lowest BCUT2D eigenvalue weighted by molar-refractivity contribution is -0.172. The summed E-state index contributed by atoms with van der Waals surface area (Å²) in [5, 5.41) is 6.81. The zero-order chi connectivity index (χ0) is 16.0. The summed E-state index contributed by atoms with van der Waals surface area (Å²) < 4.78 is 41.7. The van der Waals surface area contributed by atoms with Gasteiger partial charge in [-0.3, -0.25) is 4.79 Å². The molecule has 0 aliphatic carbocycles. The Hall–Kier alpha value is -1.09. The first-order chi connectivity index (χ1) is 9.70. The SMILES string of the molecule is CC(C)Cn1ncc(NCCOCC(F)(F)F)c(Br)c1=O. The van der Waals surface area contributed by atoms with Gasteiger partial charge in [0.15, 0.2) is 0 Å². The summed E-state index contributed by atoms with van der Waals surface area (Å²) in [6.45, 7) is 3.15. The number of halogens is 4. The van der Waals surface area contributed by atoms with E-state index in [1.54, 1.807) is 0 Å². The topological polar surface area (TPSA) is 56.1 Å². The number of nitrogens with one attached hydrogen (secondary N) is 1. The van der Waals surface area contributed by atoms with Crippen molar-refractivity contribution >= 4 is 21.6 Å². The molecular formula is C12H17BrF3N3O2. The molecule has 0 aromatic carbocycles. The number of aromatic nitrogens is 2. The third-order valence-corrected chi connectivity index (χ3v) is 3.12. The van der Waals surface area contributed by atoms with Crippen LogP contribution in [-0.4, -0.2) is 35.7 Å². The summed E-state index contributed by atoms with van der Waals surface area (Å²) in [7, 11) is 0. The molecule has 0 spiro atoms. The van der Waals surface area contributed by atoms with Gasteiger partial charge in [-0.1, -0.05) is 13.8 Å². The van der Waals surface area contributed by atoms with E-state index in [1.165, 1.54) is 10.9 Å². The molecule has 0 amide bonds. The highest BCUT2D eigenvalue weighted by Gasteiger charge is 2.27. The molecule has 0 atom stereocenters. The minimum atomic E-state index is -4.33. The second-order valence-electron chi connectivity index (χ2n) is 4.85. The van der Waals surface area contributed by atoms with Crippen LogP contribution >= 0.6 is 15.9 Å². The number of hydrogen-bond donors (Lipinski definition) is 1. The first kappa shape index (κ1) is 18.0. The van der Waals surface area contributed by atoms with E-state index in [0.717, 1.165) is 0 Å². The van der Waals surface area contributed by atoms with Crippen molar-refractivity contribution in [1.29, 1.82) is 0 Å². The first-order valence-electron chi connectivity index (χ1n) is 6.34. The van der Waals surface area contributed by atoms with Gasteiger partial charge in [0.1, 0.15) is 11.1 Å². The van der Waals surface area contributed by atoms with E-state index in [0.29, 0.717) is 16.7 Å². The molecular weight excluding hydrogens is 355 g/mol. The summed E-state index contributed by atoms with van der Waals surface area (Å²) in [6.07, 6.45) is -2.88. The van der Waals surface area contributed by atoms with Crippen molar-refractivity contribution in [2.75, 3.05) is 25.1 Å². The third kappa shape index (κ3) is 6.47. The lowest BCUT2D eigenvalue weighted by atomic mass is 10.2. The van der Waals surface area contributed by atoms with Crippen LogP contribution in [0.25, 0.3) is 0 Å². The van der Waals surface area contributed by atoms with Crippen LogP contribution < -0.4 is 10.9 Å². The van der Waals surface area contributed by atoms with E-state index < -0.39 is 12.8 Å². The molecule has 1 aromatic heterocycles. The Labute approximate surface area is 128 Å². The maximum Gasteiger partial charge on any atom is 0.411 e. The Morgan fingerprint density at radius 2 is 2.14 bits per heavy atom. The van der Waals surface area contributed by atoms with Gasteiger partial charge in [-0.2, -0.15) is 18.3 Å². The standard InChI is InChI=1S/C12H17BrF3N3O2/c1-8(2)6-19-11(20)10(13)9(5-18-19)17-3-4-21-7-12(14,15)16/h5,8,17H,3-4,6-7H2,1-2H3. The molecule has 1 rings (SSSR count). The Balaban J connectivity index is 2.53. The van der Waals surface area contributed by atoms with Gasteiger partial charge in [-0.05, 0) is 21.8 Å². The van der Waals surface area contributed by atoms with Crippen LogP contribution in [0.3, 0.4) is 0 Å². The normalized spacial score (nSPS) is 12.0. The molecule has 0 bridgehead atoms. The maximum absolute atomic E-state index is 12.0. The van der Waals surface area contributed by atoms with Crippen molar-refractivity contribution in [3.8, 4) is 0 Å². The molecule has 0 aliphatic rings. The van der Waals surface area contributed by atoms with Gasteiger partial charge in [0.25, 0.3) is 5.56 Å². The third-order valence-electron chi connectivity index (χ3n) is 2.35. The van der Waals surface area contributed by atoms with Crippen LogP contribution in [0.2, 0.25) is 0 Å². The summed E-state index contributed by atoms with van der Waals surface area (Å²) in [6, 6.07) is 0. The van der Waals surface area contributed by atoms with Crippen LogP contribution in [0.5, 0.6) is 0 Å². The van der Waals surface area contributed by atoms with E-state index in [9.17, 15) is 18.0 Å². The Morgan fingerprint density at radius 1 is 1.48 bits per heavy atom. The fourth-order valence-corrected chi connectivity index (χ4v) is 1.96. The molecule has 0 fully saturated rings. The number of alkyl halides is 3. The minimum Gasteiger partial charge on any atom is -0.380 e. The number of rotatable bonds is 7. The molecule has 0 radical (unpaired) electrons. The van der Waals surface area contributed by atoms with Crippen LogP contribution in [0, 0.1) is 5.92 Å². The smallest absolute Gasteiger partial charge is 0.380 e. The van der Waals surface area contributed by atoms with Crippen molar-refractivity contribution < 1.29 is 17.9 Å². The molecule has 0 aliphatic heterocycles. The van der Waals surface area contributed by atoms with Crippen molar-refractivity contribution in [1.82, 2.24) is 9.78 Å². The summed E-state index contributed by atoms with van der Waals surface area (Å²) in [5.41, 5.74) is 0.139. The van der Waals surface area contributed by atoms with Gasteiger partial charge in [0.2, 0.25) is 0 Å². The van der Waals surface area contributed by atoms with Crippen LogP contribution in [-0.2, 0) is 11.3 Å². The van der Waals surface area contributed by atoms with Gasteiger partial charge in [0.05, 0.1) is 18.5 Å². The Morgan fingerprint density at radius 3 is 2.71 bits per heavy atom. The van der Waals surface area contributed by atoms with Gasteiger partial charge in [-0.15, -0.1) is 0 Å². The van der Waals surface area contributed by atoms with E-state index in [4.69, 9.17) is 0 Å². The van der Waals surface area contributed by atoms with Gasteiger partial charge in [-0.25, -0.2) is 4.68 Å². The molecule has 120 valence electrons. The van der Waals surface area contributed by atoms with Crippen molar-refractivity contribution in [3.63, 3.8) is 0 Å². The van der Waals surface area contributed by atoms with Crippen molar-refractivity contribution in [3.05, 3.63) is 21.0 Å². The van der Waals surface area contributed by atoms with Crippen molar-refractivity contribution in [2.45, 2.75) is 26.6 Å². The summed E-state index contributed by atoms with van der Waals surface area (Å²) in [5.74, 6) is 0.275. The average molecular weight is 372 g/mol. The maximum atomic E-state index is 12.0. The second-order valence-corrected chi connectivity index (χ2v) is 5.64. The lowest BCUT2D eigenvalue weighted by Crippen LogP contribution is -2.27. The van der Waals surface area contributed by atoms with E-state index in [1.807, 2.05) is 13.8 Å². The average Bonchev–Trinajstić information content (AvgIpc) is 2.35. The largest absolute Gasteiger partial charge is 0.411 e. The van der Waals surface area contributed by atoms with Crippen LogP contribution in [0.15, 0.2) is 15.5 Å². The van der Waals surface area contributed by atoms with Crippen LogP contribution in [0.1, 0.15) is 13.8 Å². The molecule has 1 aromatic rings. The van der Waals surface area contributed by atoms with Gasteiger partial charge in [0, 0.05) is 13.1 Å². The minimum absolute atomic E-state index is 0.124. The Bertz CT molecular complexity index is 517. The fourth-order valence-electron chi connectivity index (χ4n) is 1.51. The predicted molar refractivity (Wildman–Crippen MR) is 76.4 cm³/mol. The molecule has 0 unspecified atom stereocenters. The Kier molecular flexibility index (Phi) is 6.66. The number of ether oxygens (including phenoxy) is 1. The molecule has 0 saturated heterocycles. The van der Waals surface area contributed by atoms with Crippen LogP contribution in [0.4, 0.5) is 18.9 Å². The second kappa shape index (κ2) is 7.79. The molecule has 9 heteroatoms. The van der Waals surface area contributed by atoms with Gasteiger partial charge >= 0.3 is 6.18 Å². The first-order valence-corrected chi connectivity index (χ1v) is 7.14. The van der Waals surface area contributed by atoms with E-state index in [-0.39, 0.29) is 24.6 Å². The number of hydrogen-bond acceptors (Lipinski definition) is 4. The molecule has 1 heterocycles. The summed E-state index contributed by atoms with van der Waals surface area (Å²) in [4.78, 5) is 12.0. The van der Waals surface area contributed by atoms with E-state index >= 15 is 0 Å².